The standard InChI is InChI=1S/C14H18N2O.ClH/c17-13-14(7-4-8-15-10-14)12(9-16-13)11-5-2-1-3-6-11;/h1-3,5-6,12,15H,4,7-10H2,(H,16,17);1H/t12-,14+;/m1./s1. The smallest absolute Gasteiger partial charge is 0.228 e. The summed E-state index contributed by atoms with van der Waals surface area (Å²) in [5, 5.41) is 6.44. The highest BCUT2D eigenvalue weighted by atomic mass is 35.5. The van der Waals surface area contributed by atoms with Crippen molar-refractivity contribution in [3.63, 3.8) is 0 Å². The number of halogens is 1. The van der Waals surface area contributed by atoms with Gasteiger partial charge >= 0.3 is 0 Å². The molecule has 2 fully saturated rings. The summed E-state index contributed by atoms with van der Waals surface area (Å²) in [4.78, 5) is 12.2. The number of rotatable bonds is 1. The summed E-state index contributed by atoms with van der Waals surface area (Å²) in [5.74, 6) is 0.558. The van der Waals surface area contributed by atoms with Gasteiger partial charge in [0.1, 0.15) is 0 Å². The Bertz CT molecular complexity index is 415. The fourth-order valence-corrected chi connectivity index (χ4v) is 3.27. The maximum absolute atomic E-state index is 12.2. The number of nitrogens with one attached hydrogen (secondary N) is 2. The molecule has 1 amide bonds. The lowest BCUT2D eigenvalue weighted by molar-refractivity contribution is -0.129. The van der Waals surface area contributed by atoms with Crippen LogP contribution in [0.5, 0.6) is 0 Å². The number of carbonyl (C=O) groups excluding carboxylic acids is 1. The van der Waals surface area contributed by atoms with Crippen LogP contribution >= 0.6 is 12.4 Å². The van der Waals surface area contributed by atoms with Gasteiger partial charge in [0.2, 0.25) is 5.91 Å². The second-order valence-electron chi connectivity index (χ2n) is 5.11. The van der Waals surface area contributed by atoms with Crippen molar-refractivity contribution < 1.29 is 4.79 Å². The van der Waals surface area contributed by atoms with Gasteiger partial charge in [-0.3, -0.25) is 4.79 Å². The van der Waals surface area contributed by atoms with Gasteiger partial charge in [-0.05, 0) is 24.9 Å². The van der Waals surface area contributed by atoms with Crippen LogP contribution in [0.2, 0.25) is 0 Å². The third-order valence-corrected chi connectivity index (χ3v) is 4.20. The fourth-order valence-electron chi connectivity index (χ4n) is 3.27. The highest BCUT2D eigenvalue weighted by Crippen LogP contribution is 2.44. The molecule has 0 aromatic heterocycles. The van der Waals surface area contributed by atoms with E-state index in [4.69, 9.17) is 0 Å². The summed E-state index contributed by atoms with van der Waals surface area (Å²) < 4.78 is 0. The van der Waals surface area contributed by atoms with Gasteiger partial charge in [0.05, 0.1) is 5.41 Å². The summed E-state index contributed by atoms with van der Waals surface area (Å²) in [7, 11) is 0. The zero-order valence-corrected chi connectivity index (χ0v) is 11.1. The first kappa shape index (κ1) is 13.4. The average Bonchev–Trinajstić information content (AvgIpc) is 2.69. The second-order valence-corrected chi connectivity index (χ2v) is 5.11. The molecule has 2 aliphatic heterocycles. The summed E-state index contributed by atoms with van der Waals surface area (Å²) in [6.45, 7) is 2.64. The van der Waals surface area contributed by atoms with Crippen molar-refractivity contribution in [3.8, 4) is 0 Å². The molecule has 0 bridgehead atoms. The summed E-state index contributed by atoms with van der Waals surface area (Å²) >= 11 is 0. The summed E-state index contributed by atoms with van der Waals surface area (Å²) in [5.41, 5.74) is 1.08. The first-order valence-electron chi connectivity index (χ1n) is 6.37. The largest absolute Gasteiger partial charge is 0.355 e. The number of hydrogen-bond donors (Lipinski definition) is 2. The normalized spacial score (nSPS) is 30.9. The highest BCUT2D eigenvalue weighted by molar-refractivity contribution is 5.87. The molecule has 4 heteroatoms. The van der Waals surface area contributed by atoms with Gasteiger partial charge in [0, 0.05) is 19.0 Å². The van der Waals surface area contributed by atoms with Crippen LogP contribution in [0, 0.1) is 5.41 Å². The van der Waals surface area contributed by atoms with E-state index in [9.17, 15) is 4.79 Å². The number of amides is 1. The minimum absolute atomic E-state index is 0. The molecule has 2 saturated heterocycles. The van der Waals surface area contributed by atoms with E-state index in [1.165, 1.54) is 5.56 Å². The van der Waals surface area contributed by atoms with Crippen LogP contribution in [-0.2, 0) is 4.79 Å². The molecular weight excluding hydrogens is 248 g/mol. The fraction of sp³-hybridized carbons (Fsp3) is 0.500. The lowest BCUT2D eigenvalue weighted by atomic mass is 9.69. The molecule has 0 unspecified atom stereocenters. The van der Waals surface area contributed by atoms with E-state index in [1.807, 2.05) is 6.07 Å². The van der Waals surface area contributed by atoms with Gasteiger partial charge in [-0.1, -0.05) is 30.3 Å². The lowest BCUT2D eigenvalue weighted by Crippen LogP contribution is -2.47. The molecule has 18 heavy (non-hydrogen) atoms. The molecular formula is C14H19ClN2O. The van der Waals surface area contributed by atoms with Gasteiger partial charge in [-0.25, -0.2) is 0 Å². The van der Waals surface area contributed by atoms with E-state index >= 15 is 0 Å². The van der Waals surface area contributed by atoms with Crippen molar-refractivity contribution >= 4 is 18.3 Å². The molecule has 3 nitrogen and oxygen atoms in total. The molecule has 2 heterocycles. The van der Waals surface area contributed by atoms with Crippen molar-refractivity contribution in [2.45, 2.75) is 18.8 Å². The van der Waals surface area contributed by atoms with E-state index in [0.29, 0.717) is 5.92 Å². The Balaban J connectivity index is 0.00000120. The Morgan fingerprint density at radius 1 is 1.22 bits per heavy atom. The monoisotopic (exact) mass is 266 g/mol. The average molecular weight is 267 g/mol. The molecule has 0 aliphatic carbocycles. The Morgan fingerprint density at radius 3 is 2.67 bits per heavy atom. The molecule has 2 aliphatic rings. The van der Waals surface area contributed by atoms with Crippen LogP contribution in [0.3, 0.4) is 0 Å². The Hall–Kier alpha value is -1.06. The van der Waals surface area contributed by atoms with E-state index in [2.05, 4.69) is 34.9 Å². The highest BCUT2D eigenvalue weighted by Gasteiger charge is 2.50. The Labute approximate surface area is 114 Å². The van der Waals surface area contributed by atoms with Gasteiger partial charge in [-0.2, -0.15) is 0 Å². The Morgan fingerprint density at radius 2 is 2.00 bits per heavy atom. The third kappa shape index (κ3) is 2.02. The molecule has 1 aromatic rings. The number of hydrogen-bond acceptors (Lipinski definition) is 2. The van der Waals surface area contributed by atoms with Gasteiger partial charge in [0.25, 0.3) is 0 Å². The summed E-state index contributed by atoms with van der Waals surface area (Å²) in [6, 6.07) is 10.4. The van der Waals surface area contributed by atoms with Crippen LogP contribution < -0.4 is 10.6 Å². The second kappa shape index (κ2) is 5.29. The molecule has 2 N–H and O–H groups in total. The zero-order valence-electron chi connectivity index (χ0n) is 10.3. The minimum Gasteiger partial charge on any atom is -0.355 e. The molecule has 0 saturated carbocycles. The Kier molecular flexibility index (Phi) is 3.93. The lowest BCUT2D eigenvalue weighted by Gasteiger charge is -2.36. The zero-order chi connectivity index (χ0) is 11.7. The maximum Gasteiger partial charge on any atom is 0.228 e. The third-order valence-electron chi connectivity index (χ3n) is 4.20. The maximum atomic E-state index is 12.2. The first-order valence-corrected chi connectivity index (χ1v) is 6.37. The predicted octanol–water partition coefficient (Wildman–Crippen LogP) is 1.69. The number of benzene rings is 1. The van der Waals surface area contributed by atoms with Crippen LogP contribution in [-0.4, -0.2) is 25.5 Å². The van der Waals surface area contributed by atoms with Crippen molar-refractivity contribution in [2.75, 3.05) is 19.6 Å². The van der Waals surface area contributed by atoms with Crippen molar-refractivity contribution in [2.24, 2.45) is 5.41 Å². The molecule has 1 aromatic carbocycles. The van der Waals surface area contributed by atoms with Crippen LogP contribution in [0.15, 0.2) is 30.3 Å². The van der Waals surface area contributed by atoms with Crippen LogP contribution in [0.25, 0.3) is 0 Å². The molecule has 98 valence electrons. The van der Waals surface area contributed by atoms with E-state index in [-0.39, 0.29) is 23.7 Å². The summed E-state index contributed by atoms with van der Waals surface area (Å²) in [6.07, 6.45) is 2.10. The number of piperidine rings is 1. The van der Waals surface area contributed by atoms with Crippen LogP contribution in [0.4, 0.5) is 0 Å². The van der Waals surface area contributed by atoms with Crippen molar-refractivity contribution in [1.29, 1.82) is 0 Å². The van der Waals surface area contributed by atoms with E-state index in [0.717, 1.165) is 32.5 Å². The SMILES string of the molecule is Cl.O=C1NC[C@H](c2ccccc2)[C@@]12CCCNC2. The van der Waals surface area contributed by atoms with E-state index < -0.39 is 0 Å². The molecule has 0 radical (unpaired) electrons. The van der Waals surface area contributed by atoms with Crippen molar-refractivity contribution in [1.82, 2.24) is 10.6 Å². The molecule has 1 spiro atoms. The van der Waals surface area contributed by atoms with E-state index in [1.54, 1.807) is 0 Å². The first-order chi connectivity index (χ1) is 8.33. The minimum atomic E-state index is -0.209. The van der Waals surface area contributed by atoms with Crippen molar-refractivity contribution in [3.05, 3.63) is 35.9 Å². The van der Waals surface area contributed by atoms with Gasteiger partial charge < -0.3 is 10.6 Å². The van der Waals surface area contributed by atoms with Crippen LogP contribution in [0.1, 0.15) is 24.3 Å². The number of carbonyl (C=O) groups is 1. The van der Waals surface area contributed by atoms with Gasteiger partial charge in [0.15, 0.2) is 0 Å². The molecule has 3 rings (SSSR count). The quantitative estimate of drug-likeness (QED) is 0.812. The topological polar surface area (TPSA) is 41.1 Å². The van der Waals surface area contributed by atoms with Gasteiger partial charge in [-0.15, -0.1) is 12.4 Å². The predicted molar refractivity (Wildman–Crippen MR) is 74.0 cm³/mol. The molecule has 2 atom stereocenters.